The van der Waals surface area contributed by atoms with Gasteiger partial charge >= 0.3 is 5.63 Å². The number of hydrogen-bond donors (Lipinski definition) is 0. The smallest absolute Gasteiger partial charge is 0.339 e. The van der Waals surface area contributed by atoms with E-state index in [4.69, 9.17) is 20.8 Å². The fraction of sp³-hybridized carbons (Fsp3) is 0.231. The number of aryl methyl sites for hydroxylation is 1. The summed E-state index contributed by atoms with van der Waals surface area (Å²) in [5.74, 6) is 0.433. The number of carbonyl (C=O) groups excluding carboxylic acids is 1. The number of fused-ring (bicyclic) bond motifs is 1. The Hall–Kier alpha value is -1.81. The van der Waals surface area contributed by atoms with Gasteiger partial charge in [0.15, 0.2) is 6.61 Å². The van der Waals surface area contributed by atoms with E-state index < -0.39 is 5.24 Å². The number of carbonyl (C=O) groups is 1. The molecular weight excluding hydrogens is 256 g/mol. The van der Waals surface area contributed by atoms with Crippen molar-refractivity contribution in [2.24, 2.45) is 0 Å². The molecule has 0 spiro atoms. The summed E-state index contributed by atoms with van der Waals surface area (Å²) in [5, 5.41) is 0.258. The summed E-state index contributed by atoms with van der Waals surface area (Å²) in [7, 11) is 0. The fourth-order valence-electron chi connectivity index (χ4n) is 1.66. The van der Waals surface area contributed by atoms with E-state index in [0.717, 1.165) is 10.9 Å². The predicted molar refractivity (Wildman–Crippen MR) is 68.3 cm³/mol. The molecule has 0 radical (unpaired) electrons. The molecule has 0 saturated carbocycles. The molecule has 1 heterocycles. The van der Waals surface area contributed by atoms with E-state index in [9.17, 15) is 9.59 Å². The summed E-state index contributed by atoms with van der Waals surface area (Å²) in [6, 6.07) is 5.06. The number of halogens is 1. The zero-order valence-corrected chi connectivity index (χ0v) is 10.7. The van der Waals surface area contributed by atoms with Crippen LogP contribution in [0.5, 0.6) is 5.75 Å². The predicted octanol–water partition coefficient (Wildman–Crippen LogP) is 2.55. The summed E-state index contributed by atoms with van der Waals surface area (Å²) in [6.07, 6.45) is 0. The van der Waals surface area contributed by atoms with Gasteiger partial charge in [0.25, 0.3) is 5.24 Å². The van der Waals surface area contributed by atoms with Gasteiger partial charge in [-0.15, -0.1) is 0 Å². The van der Waals surface area contributed by atoms with Crippen molar-refractivity contribution in [3.8, 4) is 5.75 Å². The Bertz CT molecular complexity index is 672. The standard InChI is InChI=1S/C13H11ClO4/c1-7-8(2)13(16)18-11-5-9(3-4-10(7)11)17-6-12(14)15/h3-5H,6H2,1-2H3. The third-order valence-electron chi connectivity index (χ3n) is 2.78. The molecule has 0 aliphatic carbocycles. The summed E-state index contributed by atoms with van der Waals surface area (Å²) in [4.78, 5) is 22.1. The lowest BCUT2D eigenvalue weighted by molar-refractivity contribution is -0.113. The average Bonchev–Trinajstić information content (AvgIpc) is 2.33. The van der Waals surface area contributed by atoms with Crippen LogP contribution in [-0.4, -0.2) is 11.8 Å². The van der Waals surface area contributed by atoms with Gasteiger partial charge in [-0.3, -0.25) is 4.79 Å². The van der Waals surface area contributed by atoms with E-state index in [1.807, 2.05) is 6.92 Å². The number of rotatable bonds is 3. The zero-order chi connectivity index (χ0) is 13.3. The molecule has 0 saturated heterocycles. The summed E-state index contributed by atoms with van der Waals surface area (Å²) >= 11 is 5.18. The van der Waals surface area contributed by atoms with Crippen molar-refractivity contribution < 1.29 is 13.9 Å². The van der Waals surface area contributed by atoms with Crippen LogP contribution in [0.1, 0.15) is 11.1 Å². The second-order valence-corrected chi connectivity index (χ2v) is 4.36. The lowest BCUT2D eigenvalue weighted by Crippen LogP contribution is -2.06. The first-order valence-corrected chi connectivity index (χ1v) is 5.72. The van der Waals surface area contributed by atoms with Gasteiger partial charge in [0, 0.05) is 17.0 Å². The molecule has 1 aromatic carbocycles. The minimum Gasteiger partial charge on any atom is -0.484 e. The molecule has 18 heavy (non-hydrogen) atoms. The third kappa shape index (κ3) is 2.38. The maximum absolute atomic E-state index is 11.5. The third-order valence-corrected chi connectivity index (χ3v) is 2.89. The molecule has 94 valence electrons. The maximum atomic E-state index is 11.5. The minimum atomic E-state index is -0.586. The van der Waals surface area contributed by atoms with E-state index in [-0.39, 0.29) is 12.2 Å². The van der Waals surface area contributed by atoms with Crippen LogP contribution in [0.2, 0.25) is 0 Å². The molecule has 0 N–H and O–H groups in total. The van der Waals surface area contributed by atoms with Gasteiger partial charge in [-0.2, -0.15) is 0 Å². The average molecular weight is 267 g/mol. The number of benzene rings is 1. The van der Waals surface area contributed by atoms with E-state index in [2.05, 4.69) is 0 Å². The lowest BCUT2D eigenvalue weighted by Gasteiger charge is -2.07. The van der Waals surface area contributed by atoms with Gasteiger partial charge in [-0.25, -0.2) is 4.79 Å². The highest BCUT2D eigenvalue weighted by Gasteiger charge is 2.08. The monoisotopic (exact) mass is 266 g/mol. The topological polar surface area (TPSA) is 56.5 Å². The molecule has 2 aromatic rings. The maximum Gasteiger partial charge on any atom is 0.339 e. The summed E-state index contributed by atoms with van der Waals surface area (Å²) in [6.45, 7) is 3.36. The molecular formula is C13H11ClO4. The number of hydrogen-bond acceptors (Lipinski definition) is 4. The largest absolute Gasteiger partial charge is 0.484 e. The Balaban J connectivity index is 2.49. The Kier molecular flexibility index (Phi) is 3.39. The Labute approximate surface area is 108 Å². The van der Waals surface area contributed by atoms with Crippen molar-refractivity contribution in [3.63, 3.8) is 0 Å². The molecule has 0 amide bonds. The lowest BCUT2D eigenvalue weighted by atomic mass is 10.1. The van der Waals surface area contributed by atoms with Crippen LogP contribution in [0, 0.1) is 13.8 Å². The molecule has 1 aromatic heterocycles. The van der Waals surface area contributed by atoms with Crippen molar-refractivity contribution in [3.05, 3.63) is 39.7 Å². The molecule has 0 aliphatic heterocycles. The number of ether oxygens (including phenoxy) is 1. The van der Waals surface area contributed by atoms with Crippen LogP contribution in [0.4, 0.5) is 0 Å². The van der Waals surface area contributed by atoms with Crippen LogP contribution in [-0.2, 0) is 4.79 Å². The first-order chi connectivity index (χ1) is 8.49. The Morgan fingerprint density at radius 1 is 1.33 bits per heavy atom. The normalized spacial score (nSPS) is 10.6. The molecule has 2 rings (SSSR count). The van der Waals surface area contributed by atoms with E-state index in [0.29, 0.717) is 16.9 Å². The molecule has 4 nitrogen and oxygen atoms in total. The molecule has 0 aliphatic rings. The second kappa shape index (κ2) is 4.82. The molecule has 0 bridgehead atoms. The highest BCUT2D eigenvalue weighted by atomic mass is 35.5. The van der Waals surface area contributed by atoms with Gasteiger partial charge in [0.2, 0.25) is 0 Å². The fourth-order valence-corrected chi connectivity index (χ4v) is 1.71. The van der Waals surface area contributed by atoms with Crippen LogP contribution < -0.4 is 10.4 Å². The van der Waals surface area contributed by atoms with Gasteiger partial charge in [-0.05, 0) is 43.1 Å². The second-order valence-electron chi connectivity index (χ2n) is 3.94. The highest BCUT2D eigenvalue weighted by molar-refractivity contribution is 6.63. The molecule has 0 atom stereocenters. The molecule has 5 heteroatoms. The van der Waals surface area contributed by atoms with E-state index in [1.165, 1.54) is 0 Å². The van der Waals surface area contributed by atoms with Gasteiger partial charge in [-0.1, -0.05) is 0 Å². The van der Waals surface area contributed by atoms with Crippen molar-refractivity contribution >= 4 is 27.8 Å². The summed E-state index contributed by atoms with van der Waals surface area (Å²) < 4.78 is 10.3. The molecule has 0 unspecified atom stereocenters. The van der Waals surface area contributed by atoms with Crippen molar-refractivity contribution in [1.82, 2.24) is 0 Å². The van der Waals surface area contributed by atoms with E-state index >= 15 is 0 Å². The van der Waals surface area contributed by atoms with Gasteiger partial charge < -0.3 is 9.15 Å². The van der Waals surface area contributed by atoms with Crippen LogP contribution in [0.3, 0.4) is 0 Å². The molecule has 0 fully saturated rings. The van der Waals surface area contributed by atoms with Crippen molar-refractivity contribution in [2.45, 2.75) is 13.8 Å². The van der Waals surface area contributed by atoms with Gasteiger partial charge in [0.1, 0.15) is 11.3 Å². The first kappa shape index (κ1) is 12.6. The van der Waals surface area contributed by atoms with Crippen molar-refractivity contribution in [1.29, 1.82) is 0 Å². The quantitative estimate of drug-likeness (QED) is 0.633. The van der Waals surface area contributed by atoms with Crippen molar-refractivity contribution in [2.75, 3.05) is 6.61 Å². The van der Waals surface area contributed by atoms with Crippen LogP contribution in [0.25, 0.3) is 11.0 Å². The van der Waals surface area contributed by atoms with E-state index in [1.54, 1.807) is 25.1 Å². The first-order valence-electron chi connectivity index (χ1n) is 5.34. The summed E-state index contributed by atoms with van der Waals surface area (Å²) in [5.41, 5.74) is 1.53. The Morgan fingerprint density at radius 2 is 2.06 bits per heavy atom. The zero-order valence-electron chi connectivity index (χ0n) is 9.95. The Morgan fingerprint density at radius 3 is 2.72 bits per heavy atom. The SMILES string of the molecule is Cc1c(C)c2ccc(OCC(=O)Cl)cc2oc1=O. The highest BCUT2D eigenvalue weighted by Crippen LogP contribution is 2.23. The van der Waals surface area contributed by atoms with Gasteiger partial charge in [0.05, 0.1) is 0 Å². The minimum absolute atomic E-state index is 0.220. The van der Waals surface area contributed by atoms with Crippen LogP contribution >= 0.6 is 11.6 Å². The van der Waals surface area contributed by atoms with Crippen LogP contribution in [0.15, 0.2) is 27.4 Å².